The zero-order valence-electron chi connectivity index (χ0n) is 8.08. The Bertz CT molecular complexity index is 175. The molecule has 76 valence electrons. The molecular weight excluding hydrogens is 184 g/mol. The zero-order valence-corrected chi connectivity index (χ0v) is 8.90. The second-order valence-electron chi connectivity index (χ2n) is 3.50. The maximum Gasteiger partial charge on any atom is 0.221 e. The van der Waals surface area contributed by atoms with Crippen LogP contribution in [0.2, 0.25) is 0 Å². The Morgan fingerprint density at radius 1 is 1.77 bits per heavy atom. The smallest absolute Gasteiger partial charge is 0.221 e. The number of rotatable bonds is 3. The van der Waals surface area contributed by atoms with Gasteiger partial charge in [-0.05, 0) is 12.8 Å². The van der Waals surface area contributed by atoms with Gasteiger partial charge in [0.15, 0.2) is 0 Å². The maximum atomic E-state index is 11.2. The van der Waals surface area contributed by atoms with Gasteiger partial charge in [-0.15, -0.1) is 0 Å². The number of thioether (sulfide) groups is 1. The van der Waals surface area contributed by atoms with Gasteiger partial charge in [0.05, 0.1) is 0 Å². The van der Waals surface area contributed by atoms with Crippen LogP contribution in [0.25, 0.3) is 0 Å². The Kier molecular flexibility index (Phi) is 4.59. The molecule has 0 aromatic carbocycles. The Balaban J connectivity index is 2.34. The minimum Gasteiger partial charge on any atom is -0.356 e. The first-order valence-corrected chi connectivity index (χ1v) is 5.79. The van der Waals surface area contributed by atoms with Crippen molar-refractivity contribution in [2.75, 3.05) is 13.1 Å². The molecule has 3 N–H and O–H groups in total. The van der Waals surface area contributed by atoms with Gasteiger partial charge in [0, 0.05) is 30.0 Å². The number of carbonyl (C=O) groups excluding carboxylic acids is 1. The lowest BCUT2D eigenvalue weighted by molar-refractivity contribution is -0.120. The van der Waals surface area contributed by atoms with Crippen LogP contribution in [-0.4, -0.2) is 29.5 Å². The summed E-state index contributed by atoms with van der Waals surface area (Å²) in [4.78, 5) is 11.2. The summed E-state index contributed by atoms with van der Waals surface area (Å²) in [5.41, 5.74) is 5.54. The molecule has 0 spiro atoms. The summed E-state index contributed by atoms with van der Waals surface area (Å²) in [6.45, 7) is 3.66. The second kappa shape index (κ2) is 5.50. The van der Waals surface area contributed by atoms with Crippen molar-refractivity contribution in [3.63, 3.8) is 0 Å². The molecule has 1 amide bonds. The van der Waals surface area contributed by atoms with E-state index >= 15 is 0 Å². The number of hydrogen-bond acceptors (Lipinski definition) is 3. The van der Waals surface area contributed by atoms with Crippen LogP contribution in [0.5, 0.6) is 0 Å². The minimum absolute atomic E-state index is 0.194. The molecule has 0 aromatic heterocycles. The van der Waals surface area contributed by atoms with Crippen molar-refractivity contribution in [3.05, 3.63) is 0 Å². The summed E-state index contributed by atoms with van der Waals surface area (Å²) in [7, 11) is 0. The van der Waals surface area contributed by atoms with Crippen LogP contribution in [0, 0.1) is 0 Å². The molecule has 0 radical (unpaired) electrons. The Hall–Kier alpha value is -0.220. The lowest BCUT2D eigenvalue weighted by atomic mass is 10.2. The van der Waals surface area contributed by atoms with Crippen LogP contribution in [-0.2, 0) is 4.79 Å². The topological polar surface area (TPSA) is 55.1 Å². The van der Waals surface area contributed by atoms with Gasteiger partial charge in [-0.25, -0.2) is 0 Å². The number of amides is 1. The van der Waals surface area contributed by atoms with Gasteiger partial charge in [-0.2, -0.15) is 11.8 Å². The van der Waals surface area contributed by atoms with E-state index in [0.29, 0.717) is 23.5 Å². The van der Waals surface area contributed by atoms with Crippen molar-refractivity contribution in [1.82, 2.24) is 5.32 Å². The molecule has 0 aromatic rings. The van der Waals surface area contributed by atoms with Crippen molar-refractivity contribution < 1.29 is 4.79 Å². The number of carbonyl (C=O) groups is 1. The predicted molar refractivity (Wildman–Crippen MR) is 56.8 cm³/mol. The molecule has 4 heteroatoms. The van der Waals surface area contributed by atoms with E-state index in [1.54, 1.807) is 0 Å². The van der Waals surface area contributed by atoms with Gasteiger partial charge in [-0.1, -0.05) is 6.92 Å². The van der Waals surface area contributed by atoms with Crippen LogP contribution in [0.4, 0.5) is 0 Å². The average molecular weight is 202 g/mol. The number of hydrogen-bond donors (Lipinski definition) is 2. The maximum absolute atomic E-state index is 11.2. The first-order chi connectivity index (χ1) is 6.22. The molecule has 0 saturated carbocycles. The summed E-state index contributed by atoms with van der Waals surface area (Å²) in [5.74, 6) is 0.194. The fourth-order valence-electron chi connectivity index (χ4n) is 1.44. The van der Waals surface area contributed by atoms with Crippen molar-refractivity contribution in [2.24, 2.45) is 5.73 Å². The van der Waals surface area contributed by atoms with E-state index in [1.807, 2.05) is 11.8 Å². The van der Waals surface area contributed by atoms with E-state index < -0.39 is 0 Å². The van der Waals surface area contributed by atoms with Crippen molar-refractivity contribution in [2.45, 2.75) is 36.7 Å². The highest BCUT2D eigenvalue weighted by atomic mass is 32.2. The van der Waals surface area contributed by atoms with Gasteiger partial charge >= 0.3 is 0 Å². The molecule has 1 rings (SSSR count). The molecule has 1 aliphatic heterocycles. The molecule has 1 saturated heterocycles. The van der Waals surface area contributed by atoms with Crippen molar-refractivity contribution in [3.8, 4) is 0 Å². The molecule has 0 bridgehead atoms. The van der Waals surface area contributed by atoms with E-state index in [2.05, 4.69) is 12.2 Å². The van der Waals surface area contributed by atoms with E-state index in [4.69, 9.17) is 5.73 Å². The highest BCUT2D eigenvalue weighted by Gasteiger charge is 2.19. The Morgan fingerprint density at radius 2 is 2.54 bits per heavy atom. The van der Waals surface area contributed by atoms with Crippen LogP contribution in [0.1, 0.15) is 26.2 Å². The first kappa shape index (κ1) is 10.9. The summed E-state index contributed by atoms with van der Waals surface area (Å²) in [6, 6.07) is 0. The molecule has 2 unspecified atom stereocenters. The molecule has 1 heterocycles. The third-order valence-electron chi connectivity index (χ3n) is 2.19. The van der Waals surface area contributed by atoms with Gasteiger partial charge in [0.2, 0.25) is 5.91 Å². The monoisotopic (exact) mass is 202 g/mol. The third-order valence-corrected chi connectivity index (χ3v) is 3.64. The number of nitrogens with one attached hydrogen (secondary N) is 1. The molecule has 1 fully saturated rings. The van der Waals surface area contributed by atoms with Crippen LogP contribution in [0.3, 0.4) is 0 Å². The van der Waals surface area contributed by atoms with Gasteiger partial charge in [-0.3, -0.25) is 4.79 Å². The SMILES string of the molecule is CC(CN)SC1CCCNC(=O)C1. The lowest BCUT2D eigenvalue weighted by Crippen LogP contribution is -2.24. The third kappa shape index (κ3) is 4.00. The van der Waals surface area contributed by atoms with Crippen molar-refractivity contribution >= 4 is 17.7 Å². The summed E-state index contributed by atoms with van der Waals surface area (Å²) in [5, 5.41) is 3.82. The largest absolute Gasteiger partial charge is 0.356 e. The van der Waals surface area contributed by atoms with E-state index in [-0.39, 0.29) is 5.91 Å². The Morgan fingerprint density at radius 3 is 3.23 bits per heavy atom. The van der Waals surface area contributed by atoms with Crippen LogP contribution in [0.15, 0.2) is 0 Å². The highest BCUT2D eigenvalue weighted by molar-refractivity contribution is 8.00. The predicted octanol–water partition coefficient (Wildman–Crippen LogP) is 0.735. The van der Waals surface area contributed by atoms with E-state index in [1.165, 1.54) is 0 Å². The van der Waals surface area contributed by atoms with Gasteiger partial charge in [0.1, 0.15) is 0 Å². The standard InChI is InChI=1S/C9H18N2OS/c1-7(6-10)13-8-3-2-4-11-9(12)5-8/h7-8H,2-6,10H2,1H3,(H,11,12). The summed E-state index contributed by atoms with van der Waals surface area (Å²) < 4.78 is 0. The molecule has 3 nitrogen and oxygen atoms in total. The van der Waals surface area contributed by atoms with Gasteiger partial charge in [0.25, 0.3) is 0 Å². The second-order valence-corrected chi connectivity index (χ2v) is 5.24. The fraction of sp³-hybridized carbons (Fsp3) is 0.889. The van der Waals surface area contributed by atoms with Crippen molar-refractivity contribution in [1.29, 1.82) is 0 Å². The quantitative estimate of drug-likeness (QED) is 0.709. The lowest BCUT2D eigenvalue weighted by Gasteiger charge is -2.16. The summed E-state index contributed by atoms with van der Waals surface area (Å²) in [6.07, 6.45) is 2.89. The van der Waals surface area contributed by atoms with Crippen LogP contribution < -0.4 is 11.1 Å². The molecule has 1 aliphatic rings. The molecule has 2 atom stereocenters. The molecule has 13 heavy (non-hydrogen) atoms. The van der Waals surface area contributed by atoms with Gasteiger partial charge < -0.3 is 11.1 Å². The first-order valence-electron chi connectivity index (χ1n) is 4.84. The van der Waals surface area contributed by atoms with E-state index in [9.17, 15) is 4.79 Å². The fourth-order valence-corrected chi connectivity index (χ4v) is 2.76. The minimum atomic E-state index is 0.194. The number of nitrogens with two attached hydrogens (primary N) is 1. The van der Waals surface area contributed by atoms with Crippen LogP contribution >= 0.6 is 11.8 Å². The molecular formula is C9H18N2OS. The van der Waals surface area contributed by atoms with E-state index in [0.717, 1.165) is 19.4 Å². The average Bonchev–Trinajstić information content (AvgIpc) is 2.30. The Labute approximate surface area is 83.8 Å². The summed E-state index contributed by atoms with van der Waals surface area (Å²) >= 11 is 1.85. The highest BCUT2D eigenvalue weighted by Crippen LogP contribution is 2.25. The normalized spacial score (nSPS) is 26.3. The zero-order chi connectivity index (χ0) is 9.68. The molecule has 0 aliphatic carbocycles.